The number of hydrogen-bond donors (Lipinski definition) is 1. The van der Waals surface area contributed by atoms with Crippen molar-refractivity contribution in [3.05, 3.63) is 22.4 Å². The van der Waals surface area contributed by atoms with Crippen LogP contribution in [0, 0.1) is 0 Å². The van der Waals surface area contributed by atoms with E-state index in [-0.39, 0.29) is 5.71 Å². The Morgan fingerprint density at radius 2 is 2.19 bits per heavy atom. The van der Waals surface area contributed by atoms with Crippen LogP contribution >= 0.6 is 34.5 Å². The fourth-order valence-electron chi connectivity index (χ4n) is 0.745. The van der Waals surface area contributed by atoms with Gasteiger partial charge in [-0.05, 0) is 11.4 Å². The summed E-state index contributed by atoms with van der Waals surface area (Å²) < 4.78 is 0. The summed E-state index contributed by atoms with van der Waals surface area (Å²) in [5.41, 5.74) is -0.0467. The molecule has 0 bridgehead atoms. The first-order valence-corrected chi connectivity index (χ1v) is 5.67. The van der Waals surface area contributed by atoms with E-state index in [0.717, 1.165) is 0 Å². The number of carbonyl (C=O) groups excluding carboxylic acids is 1. The molecule has 0 amide bonds. The summed E-state index contributed by atoms with van der Waals surface area (Å²) in [7, 11) is 0. The predicted octanol–water partition coefficient (Wildman–Crippen LogP) is 1.88. The van der Waals surface area contributed by atoms with Gasteiger partial charge in [-0.3, -0.25) is 0 Å². The lowest BCUT2D eigenvalue weighted by Crippen LogP contribution is -2.17. The molecule has 8 heteroatoms. The van der Waals surface area contributed by atoms with Crippen LogP contribution < -0.4 is 0 Å². The Morgan fingerprint density at radius 1 is 1.50 bits per heavy atom. The van der Waals surface area contributed by atoms with Crippen molar-refractivity contribution in [3.63, 3.8) is 0 Å². The SMILES string of the molecule is O=C(O)/C(=N/OC(=O)C(Cl)Cl)c1ccsc1. The highest BCUT2D eigenvalue weighted by Gasteiger charge is 2.17. The van der Waals surface area contributed by atoms with Crippen LogP contribution in [0.5, 0.6) is 0 Å². The molecule has 0 saturated heterocycles. The van der Waals surface area contributed by atoms with Gasteiger partial charge >= 0.3 is 11.9 Å². The van der Waals surface area contributed by atoms with Crippen molar-refractivity contribution in [3.8, 4) is 0 Å². The Labute approximate surface area is 104 Å². The summed E-state index contributed by atoms with van der Waals surface area (Å²) >= 11 is 11.7. The van der Waals surface area contributed by atoms with Gasteiger partial charge in [-0.1, -0.05) is 28.4 Å². The molecule has 1 rings (SSSR count). The molecule has 0 radical (unpaired) electrons. The number of rotatable bonds is 4. The molecule has 1 aromatic rings. The second-order valence-corrected chi connectivity index (χ2v) is 4.34. The summed E-state index contributed by atoms with van der Waals surface area (Å²) in [6, 6.07) is 1.53. The number of alkyl halides is 2. The van der Waals surface area contributed by atoms with Crippen molar-refractivity contribution in [2.45, 2.75) is 4.84 Å². The van der Waals surface area contributed by atoms with Gasteiger partial charge in [0.25, 0.3) is 0 Å². The lowest BCUT2D eigenvalue weighted by molar-refractivity contribution is -0.141. The monoisotopic (exact) mass is 281 g/mol. The Balaban J connectivity index is 2.84. The van der Waals surface area contributed by atoms with Gasteiger partial charge in [0.1, 0.15) is 0 Å². The van der Waals surface area contributed by atoms with E-state index in [9.17, 15) is 9.59 Å². The minimum Gasteiger partial charge on any atom is -0.476 e. The first-order valence-electron chi connectivity index (χ1n) is 3.85. The molecule has 0 spiro atoms. The third-order valence-corrected chi connectivity index (χ3v) is 2.44. The van der Waals surface area contributed by atoms with Gasteiger partial charge in [0.15, 0.2) is 5.71 Å². The van der Waals surface area contributed by atoms with E-state index in [2.05, 4.69) is 9.99 Å². The molecule has 86 valence electrons. The van der Waals surface area contributed by atoms with Crippen LogP contribution in [0.4, 0.5) is 0 Å². The average molecular weight is 282 g/mol. The number of carboxylic acids is 1. The number of nitrogens with zero attached hydrogens (tertiary/aromatic N) is 1. The quantitative estimate of drug-likeness (QED) is 0.396. The van der Waals surface area contributed by atoms with Gasteiger partial charge in [-0.25, -0.2) is 9.59 Å². The van der Waals surface area contributed by atoms with Crippen molar-refractivity contribution in [2.75, 3.05) is 0 Å². The van der Waals surface area contributed by atoms with E-state index in [1.807, 2.05) is 0 Å². The Hall–Kier alpha value is -1.11. The maximum atomic E-state index is 10.9. The number of hydrogen-bond acceptors (Lipinski definition) is 5. The molecule has 0 saturated carbocycles. The number of halogens is 2. The first-order chi connectivity index (χ1) is 7.52. The van der Waals surface area contributed by atoms with Crippen molar-refractivity contribution in [1.29, 1.82) is 0 Å². The Bertz CT molecular complexity index is 416. The van der Waals surface area contributed by atoms with Crippen molar-refractivity contribution in [1.82, 2.24) is 0 Å². The fourth-order valence-corrected chi connectivity index (χ4v) is 1.47. The van der Waals surface area contributed by atoms with Gasteiger partial charge < -0.3 is 9.94 Å². The van der Waals surface area contributed by atoms with Crippen molar-refractivity contribution >= 4 is 52.2 Å². The second kappa shape index (κ2) is 5.83. The van der Waals surface area contributed by atoms with Gasteiger partial charge in [-0.2, -0.15) is 11.3 Å². The van der Waals surface area contributed by atoms with Crippen LogP contribution in [0.25, 0.3) is 0 Å². The summed E-state index contributed by atoms with van der Waals surface area (Å²) in [6.07, 6.45) is 0. The third-order valence-electron chi connectivity index (χ3n) is 1.40. The van der Waals surface area contributed by atoms with Crippen LogP contribution in [0.3, 0.4) is 0 Å². The maximum absolute atomic E-state index is 10.9. The molecule has 0 atom stereocenters. The Morgan fingerprint density at radius 3 is 2.62 bits per heavy atom. The smallest absolute Gasteiger partial charge is 0.367 e. The van der Waals surface area contributed by atoms with Crippen LogP contribution in [-0.2, 0) is 14.4 Å². The standard InChI is InChI=1S/C8H5Cl2NO4S/c9-6(10)8(14)15-11-5(7(12)13)4-1-2-16-3-4/h1-3,6H,(H,12,13)/b11-5+. The van der Waals surface area contributed by atoms with Crippen LogP contribution in [-0.4, -0.2) is 27.6 Å². The highest BCUT2D eigenvalue weighted by atomic mass is 35.5. The minimum absolute atomic E-state index is 0.339. The Kier molecular flexibility index (Phi) is 4.72. The van der Waals surface area contributed by atoms with E-state index in [1.54, 1.807) is 10.8 Å². The zero-order valence-electron chi connectivity index (χ0n) is 7.59. The first kappa shape index (κ1) is 13.0. The molecule has 0 fully saturated rings. The molecule has 0 aliphatic rings. The number of oxime groups is 1. The number of carboxylic acid groups (broad SMARTS) is 1. The second-order valence-electron chi connectivity index (χ2n) is 2.47. The van der Waals surface area contributed by atoms with Gasteiger partial charge in [0.2, 0.25) is 4.84 Å². The van der Waals surface area contributed by atoms with Crippen molar-refractivity contribution in [2.24, 2.45) is 5.16 Å². The number of aliphatic carboxylic acids is 1. The molecule has 1 heterocycles. The van der Waals surface area contributed by atoms with E-state index in [0.29, 0.717) is 5.56 Å². The summed E-state index contributed by atoms with van der Waals surface area (Å²) in [6.45, 7) is 0. The molecule has 0 aliphatic carbocycles. The molecule has 5 nitrogen and oxygen atoms in total. The summed E-state index contributed by atoms with van der Waals surface area (Å²) in [4.78, 5) is 24.5. The third kappa shape index (κ3) is 3.48. The molecule has 1 N–H and O–H groups in total. The molecule has 0 aromatic carbocycles. The molecule has 0 unspecified atom stereocenters. The van der Waals surface area contributed by atoms with Crippen LogP contribution in [0.15, 0.2) is 22.0 Å². The fraction of sp³-hybridized carbons (Fsp3) is 0.125. The van der Waals surface area contributed by atoms with Crippen LogP contribution in [0.1, 0.15) is 5.56 Å². The van der Waals surface area contributed by atoms with Gasteiger partial charge in [0, 0.05) is 10.9 Å². The van der Waals surface area contributed by atoms with E-state index < -0.39 is 16.8 Å². The topological polar surface area (TPSA) is 76.0 Å². The summed E-state index contributed by atoms with van der Waals surface area (Å²) in [5.74, 6) is -2.34. The van der Waals surface area contributed by atoms with E-state index >= 15 is 0 Å². The highest BCUT2D eigenvalue weighted by Crippen LogP contribution is 2.09. The lowest BCUT2D eigenvalue weighted by Gasteiger charge is -1.99. The highest BCUT2D eigenvalue weighted by molar-refractivity contribution is 7.08. The minimum atomic E-state index is -1.40. The molecule has 1 aromatic heterocycles. The average Bonchev–Trinajstić information content (AvgIpc) is 2.70. The number of carbonyl (C=O) groups is 2. The van der Waals surface area contributed by atoms with Crippen molar-refractivity contribution < 1.29 is 19.5 Å². The van der Waals surface area contributed by atoms with Gasteiger partial charge in [-0.15, -0.1) is 0 Å². The summed E-state index contributed by atoms with van der Waals surface area (Å²) in [5, 5.41) is 15.2. The molecular weight excluding hydrogens is 277 g/mol. The normalized spacial score (nSPS) is 11.6. The zero-order valence-corrected chi connectivity index (χ0v) is 9.92. The van der Waals surface area contributed by atoms with Crippen LogP contribution in [0.2, 0.25) is 0 Å². The largest absolute Gasteiger partial charge is 0.476 e. The molecule has 0 aliphatic heterocycles. The zero-order chi connectivity index (χ0) is 12.1. The van der Waals surface area contributed by atoms with E-state index in [4.69, 9.17) is 28.3 Å². The van der Waals surface area contributed by atoms with Gasteiger partial charge in [0.05, 0.1) is 0 Å². The predicted molar refractivity (Wildman–Crippen MR) is 60.1 cm³/mol. The molecule has 16 heavy (non-hydrogen) atoms. The number of thiophene rings is 1. The maximum Gasteiger partial charge on any atom is 0.367 e. The van der Waals surface area contributed by atoms with E-state index in [1.165, 1.54) is 17.4 Å². The lowest BCUT2D eigenvalue weighted by atomic mass is 10.2. The molecular formula is C8H5Cl2NO4S.